The largest absolute Gasteiger partial charge is 0.344 e. The van der Waals surface area contributed by atoms with Crippen LogP contribution in [0.15, 0.2) is 102 Å². The lowest BCUT2D eigenvalue weighted by atomic mass is 9.86. The van der Waals surface area contributed by atoms with Crippen LogP contribution in [-0.2, 0) is 22.4 Å². The van der Waals surface area contributed by atoms with Crippen molar-refractivity contribution in [3.05, 3.63) is 142 Å². The minimum absolute atomic E-state index is 0.0297. The van der Waals surface area contributed by atoms with E-state index in [2.05, 4.69) is 61.5 Å². The summed E-state index contributed by atoms with van der Waals surface area (Å²) in [7, 11) is 0. The van der Waals surface area contributed by atoms with E-state index in [1.807, 2.05) is 86.6 Å². The summed E-state index contributed by atoms with van der Waals surface area (Å²) in [6.07, 6.45) is 11.3. The third-order valence-electron chi connectivity index (χ3n) is 9.89. The van der Waals surface area contributed by atoms with Gasteiger partial charge in [0.05, 0.1) is 46.9 Å². The lowest BCUT2D eigenvalue weighted by Gasteiger charge is -2.17. The molecule has 0 atom stereocenters. The number of carbonyl (C=O) groups excluding carboxylic acids is 5. The molecule has 6 aromatic rings. The highest BCUT2D eigenvalue weighted by Crippen LogP contribution is 2.34. The van der Waals surface area contributed by atoms with Crippen LogP contribution in [0.3, 0.4) is 0 Å². The molecule has 14 nitrogen and oxygen atoms in total. The second kappa shape index (κ2) is 18.9. The molecule has 4 heterocycles. The quantitative estimate of drug-likeness (QED) is 0.129. The second-order valence-corrected chi connectivity index (χ2v) is 19.0. The predicted octanol–water partition coefficient (Wildman–Crippen LogP) is 9.52. The van der Waals surface area contributed by atoms with Gasteiger partial charge < -0.3 is 15.6 Å². The molecule has 3 N–H and O–H groups in total. The van der Waals surface area contributed by atoms with Crippen molar-refractivity contribution in [3.63, 3.8) is 0 Å². The van der Waals surface area contributed by atoms with Gasteiger partial charge in [-0.15, -0.1) is 0 Å². The number of aromatic nitrogens is 7. The molecule has 0 spiro atoms. The first kappa shape index (κ1) is 46.6. The van der Waals surface area contributed by atoms with Crippen LogP contribution in [0.4, 0.5) is 11.6 Å². The van der Waals surface area contributed by atoms with E-state index in [0.717, 1.165) is 17.1 Å². The molecule has 0 aliphatic heterocycles. The predicted molar refractivity (Wildman–Crippen MR) is 251 cm³/mol. The fourth-order valence-electron chi connectivity index (χ4n) is 6.48. The number of rotatable bonds is 7. The van der Waals surface area contributed by atoms with Gasteiger partial charge in [0.25, 0.3) is 11.8 Å². The Kier molecular flexibility index (Phi) is 13.7. The topological polar surface area (TPSA) is 203 Å². The van der Waals surface area contributed by atoms with Crippen LogP contribution in [0.2, 0.25) is 0 Å². The van der Waals surface area contributed by atoms with Gasteiger partial charge in [0.15, 0.2) is 34.6 Å². The summed E-state index contributed by atoms with van der Waals surface area (Å²) in [5.41, 5.74) is 5.36. The summed E-state index contributed by atoms with van der Waals surface area (Å²) < 4.78 is 0.667. The molecular weight excluding hydrogens is 875 g/mol. The number of aromatic amines is 1. The smallest absolute Gasteiger partial charge is 0.256 e. The van der Waals surface area contributed by atoms with E-state index in [9.17, 15) is 24.0 Å². The summed E-state index contributed by atoms with van der Waals surface area (Å²) >= 11 is 3.28. The van der Waals surface area contributed by atoms with Crippen LogP contribution < -0.4 is 10.6 Å². The summed E-state index contributed by atoms with van der Waals surface area (Å²) in [5.74, 6) is 0.241. The maximum atomic E-state index is 12.6. The van der Waals surface area contributed by atoms with Gasteiger partial charge in [-0.1, -0.05) is 111 Å². The molecule has 2 amide bonds. The first-order chi connectivity index (χ1) is 30.1. The summed E-state index contributed by atoms with van der Waals surface area (Å²) in [6, 6.07) is 17.7. The number of H-pyrrole nitrogens is 1. The third-order valence-corrected chi connectivity index (χ3v) is 10.3. The Balaban J connectivity index is 0.000000163. The van der Waals surface area contributed by atoms with Gasteiger partial charge in [-0.05, 0) is 40.2 Å². The number of Topliss-reactive ketones (excluding diaryl/α,β-unsaturated/α-hetero) is 3. The normalized spacial score (nSPS) is 12.9. The maximum Gasteiger partial charge on any atom is 0.256 e. The Morgan fingerprint density at radius 1 is 0.562 bits per heavy atom. The van der Waals surface area contributed by atoms with Crippen LogP contribution in [0, 0.1) is 16.2 Å². The number of nitrogens with zero attached hydrogens (tertiary/aromatic N) is 6. The number of anilines is 2. The van der Waals surface area contributed by atoms with Gasteiger partial charge in [-0.2, -0.15) is 0 Å². The summed E-state index contributed by atoms with van der Waals surface area (Å²) in [4.78, 5) is 90.7. The van der Waals surface area contributed by atoms with Crippen molar-refractivity contribution >= 4 is 79.0 Å². The van der Waals surface area contributed by atoms with Crippen molar-refractivity contribution in [1.82, 2.24) is 34.9 Å². The van der Waals surface area contributed by atoms with Crippen LogP contribution in [-0.4, -0.2) is 64.1 Å². The highest BCUT2D eigenvalue weighted by Gasteiger charge is 2.32. The minimum atomic E-state index is -0.528. The van der Waals surface area contributed by atoms with E-state index in [1.54, 1.807) is 60.9 Å². The van der Waals surface area contributed by atoms with Gasteiger partial charge in [-0.3, -0.25) is 33.9 Å². The molecule has 8 rings (SSSR count). The zero-order valence-corrected chi connectivity index (χ0v) is 38.8. The van der Waals surface area contributed by atoms with Crippen molar-refractivity contribution < 1.29 is 24.0 Å². The highest BCUT2D eigenvalue weighted by molar-refractivity contribution is 9.10. The number of halogens is 1. The zero-order chi connectivity index (χ0) is 46.6. The summed E-state index contributed by atoms with van der Waals surface area (Å²) in [5, 5.41) is 5.44. The molecule has 328 valence electrons. The number of hydrogen-bond donors (Lipinski definition) is 3. The van der Waals surface area contributed by atoms with Crippen molar-refractivity contribution in [1.29, 1.82) is 0 Å². The number of ketones is 3. The Bertz CT molecular complexity index is 2830. The fourth-order valence-corrected chi connectivity index (χ4v) is 6.76. The molecule has 2 aliphatic carbocycles. The molecule has 4 aromatic heterocycles. The van der Waals surface area contributed by atoms with E-state index >= 15 is 0 Å². The number of amides is 2. The first-order valence-corrected chi connectivity index (χ1v) is 21.4. The Hall–Kier alpha value is -6.87. The molecule has 0 radical (unpaired) electrons. The average Bonchev–Trinajstić information content (AvgIpc) is 3.99. The molecule has 0 saturated carbocycles. The average molecular weight is 925 g/mol. The van der Waals surface area contributed by atoms with Crippen molar-refractivity contribution in [2.24, 2.45) is 16.2 Å². The number of fused-ring (bicyclic) bond motifs is 3. The molecular formula is C49H50BrN9O5. The molecule has 2 aliphatic rings. The molecule has 15 heteroatoms. The summed E-state index contributed by atoms with van der Waals surface area (Å²) in [6.45, 7) is 16.9. The van der Waals surface area contributed by atoms with E-state index in [4.69, 9.17) is 0 Å². The van der Waals surface area contributed by atoms with Crippen LogP contribution in [0.5, 0.6) is 0 Å². The number of allylic oxidation sites excluding steroid dienone is 4. The SMILES string of the molecule is CC(C)(C)C(=O)C1=CCc2ncc(Br)nc21.CC(C)(C)C(=O)C1=CCc2ncc(NC(=O)c3ccccc3)nc21.CC(C)(C)C(=O)c1c[nH]c2ncc(NC(=O)c3ccccc3)nc12. The number of nitrogens with one attached hydrogen (secondary N) is 3. The van der Waals surface area contributed by atoms with Gasteiger partial charge in [0.2, 0.25) is 0 Å². The van der Waals surface area contributed by atoms with Crippen LogP contribution >= 0.6 is 15.9 Å². The Labute approximate surface area is 380 Å². The van der Waals surface area contributed by atoms with Crippen LogP contribution in [0.25, 0.3) is 22.3 Å². The zero-order valence-electron chi connectivity index (χ0n) is 37.3. The molecule has 2 aromatic carbocycles. The molecule has 64 heavy (non-hydrogen) atoms. The first-order valence-electron chi connectivity index (χ1n) is 20.6. The lowest BCUT2D eigenvalue weighted by Crippen LogP contribution is -2.21. The van der Waals surface area contributed by atoms with E-state index in [-0.39, 0.29) is 34.6 Å². The number of benzene rings is 2. The van der Waals surface area contributed by atoms with Crippen molar-refractivity contribution in [3.8, 4) is 0 Å². The minimum Gasteiger partial charge on any atom is -0.344 e. The van der Waals surface area contributed by atoms with Crippen LogP contribution in [0.1, 0.15) is 116 Å². The van der Waals surface area contributed by atoms with Gasteiger partial charge in [-0.25, -0.2) is 19.9 Å². The standard InChI is InChI=1S/C19H19N3O2.C18H18N4O2.C12H13BrN2O/c1-19(2,3)17(23)13-9-10-14-16(13)21-15(11-20-14)22-18(24)12-7-5-4-6-8-12;1-18(2,3)15(23)12-9-19-16-14(12)21-13(10-20-16)22-17(24)11-7-5-4-6-8-11;1-12(2,3)11(16)7-4-5-8-10(7)15-9(13)6-14-8/h4-9,11H,10H2,1-3H3,(H,21,22,24);4-10H,1-3H3,(H,19,20)(H,21,22,24);4,6H,5H2,1-3H3. The van der Waals surface area contributed by atoms with Gasteiger partial charge in [0, 0.05) is 57.6 Å². The molecule has 0 bridgehead atoms. The Morgan fingerprint density at radius 3 is 1.48 bits per heavy atom. The van der Waals surface area contributed by atoms with Gasteiger partial charge >= 0.3 is 0 Å². The van der Waals surface area contributed by atoms with Gasteiger partial charge in [0.1, 0.15) is 10.1 Å². The lowest BCUT2D eigenvalue weighted by molar-refractivity contribution is -0.121. The number of hydrogen-bond acceptors (Lipinski definition) is 11. The molecule has 0 saturated heterocycles. The number of carbonyl (C=O) groups is 5. The van der Waals surface area contributed by atoms with E-state index in [1.165, 1.54) is 12.4 Å². The highest BCUT2D eigenvalue weighted by atomic mass is 79.9. The molecule has 0 fully saturated rings. The van der Waals surface area contributed by atoms with E-state index in [0.29, 0.717) is 73.8 Å². The third kappa shape index (κ3) is 11.0. The Morgan fingerprint density at radius 2 is 1.00 bits per heavy atom. The fraction of sp³-hybridized carbons (Fsp3) is 0.286. The van der Waals surface area contributed by atoms with E-state index < -0.39 is 10.8 Å². The van der Waals surface area contributed by atoms with Crippen molar-refractivity contribution in [2.75, 3.05) is 10.6 Å². The monoisotopic (exact) mass is 923 g/mol. The maximum absolute atomic E-state index is 12.6. The van der Waals surface area contributed by atoms with Crippen molar-refractivity contribution in [2.45, 2.75) is 75.2 Å². The second-order valence-electron chi connectivity index (χ2n) is 18.2. The molecule has 0 unspecified atom stereocenters.